The molecule has 0 aliphatic carbocycles. The molecule has 1 aromatic rings. The van der Waals surface area contributed by atoms with Crippen molar-refractivity contribution in [3.63, 3.8) is 0 Å². The van der Waals surface area contributed by atoms with Crippen LogP contribution >= 0.6 is 0 Å². The van der Waals surface area contributed by atoms with Gasteiger partial charge in [-0.25, -0.2) is 9.97 Å². The van der Waals surface area contributed by atoms with Crippen LogP contribution in [0.3, 0.4) is 0 Å². The van der Waals surface area contributed by atoms with Crippen molar-refractivity contribution < 1.29 is 4.79 Å². The predicted octanol–water partition coefficient (Wildman–Crippen LogP) is 0.390. The van der Waals surface area contributed by atoms with E-state index in [-0.39, 0.29) is 11.9 Å². The number of anilines is 2. The molecule has 18 heavy (non-hydrogen) atoms. The van der Waals surface area contributed by atoms with Crippen molar-refractivity contribution in [1.82, 2.24) is 15.3 Å². The van der Waals surface area contributed by atoms with Gasteiger partial charge in [0.15, 0.2) is 0 Å². The second-order valence-electron chi connectivity index (χ2n) is 4.51. The summed E-state index contributed by atoms with van der Waals surface area (Å²) < 4.78 is 0. The third-order valence-corrected chi connectivity index (χ3v) is 3.26. The van der Waals surface area contributed by atoms with Gasteiger partial charge < -0.3 is 16.0 Å². The highest BCUT2D eigenvalue weighted by Crippen LogP contribution is 2.25. The molecule has 0 saturated carbocycles. The lowest BCUT2D eigenvalue weighted by molar-refractivity contribution is -0.123. The first-order valence-corrected chi connectivity index (χ1v) is 6.19. The van der Waals surface area contributed by atoms with E-state index < -0.39 is 0 Å². The second kappa shape index (κ2) is 4.80. The van der Waals surface area contributed by atoms with E-state index >= 15 is 0 Å². The van der Waals surface area contributed by atoms with Gasteiger partial charge in [0, 0.05) is 18.7 Å². The number of hydrogen-bond donors (Lipinski definition) is 2. The van der Waals surface area contributed by atoms with Crippen LogP contribution in [0.5, 0.6) is 0 Å². The molecule has 2 rings (SSSR count). The summed E-state index contributed by atoms with van der Waals surface area (Å²) in [6.45, 7) is 7.08. The van der Waals surface area contributed by atoms with Crippen LogP contribution in [0.2, 0.25) is 0 Å². The summed E-state index contributed by atoms with van der Waals surface area (Å²) in [5.74, 6) is 1.95. The Morgan fingerprint density at radius 2 is 2.17 bits per heavy atom. The third kappa shape index (κ3) is 2.10. The summed E-state index contributed by atoms with van der Waals surface area (Å²) in [6.07, 6.45) is 0.744. The van der Waals surface area contributed by atoms with Gasteiger partial charge >= 0.3 is 0 Å². The molecule has 98 valence electrons. The average molecular weight is 249 g/mol. The number of amides is 1. The summed E-state index contributed by atoms with van der Waals surface area (Å²) in [7, 11) is 0. The minimum absolute atomic E-state index is 0.0537. The summed E-state index contributed by atoms with van der Waals surface area (Å²) in [5.41, 5.74) is 6.71. The lowest BCUT2D eigenvalue weighted by Crippen LogP contribution is -2.55. The van der Waals surface area contributed by atoms with Crippen LogP contribution < -0.4 is 16.0 Å². The Balaban J connectivity index is 2.43. The average Bonchev–Trinajstić information content (AvgIpc) is 2.33. The fourth-order valence-electron chi connectivity index (χ4n) is 2.29. The van der Waals surface area contributed by atoms with Crippen molar-refractivity contribution in [3.05, 3.63) is 11.4 Å². The number of hydrogen-bond acceptors (Lipinski definition) is 5. The number of rotatable bonds is 2. The van der Waals surface area contributed by atoms with Crippen molar-refractivity contribution in [2.45, 2.75) is 33.2 Å². The third-order valence-electron chi connectivity index (χ3n) is 3.26. The van der Waals surface area contributed by atoms with E-state index in [1.807, 2.05) is 25.7 Å². The Morgan fingerprint density at radius 3 is 2.83 bits per heavy atom. The molecular formula is C12H19N5O. The highest BCUT2D eigenvalue weighted by atomic mass is 16.2. The molecule has 1 amide bonds. The molecule has 0 aromatic carbocycles. The van der Waals surface area contributed by atoms with Crippen molar-refractivity contribution in [2.24, 2.45) is 0 Å². The zero-order chi connectivity index (χ0) is 13.3. The number of nitrogen functional groups attached to an aromatic ring is 1. The molecule has 1 saturated heterocycles. The topological polar surface area (TPSA) is 84.1 Å². The van der Waals surface area contributed by atoms with Crippen molar-refractivity contribution in [3.8, 4) is 0 Å². The van der Waals surface area contributed by atoms with Gasteiger partial charge in [-0.2, -0.15) is 0 Å². The first kappa shape index (κ1) is 12.6. The molecule has 2 heterocycles. The molecule has 0 spiro atoms. The fraction of sp³-hybridized carbons (Fsp3) is 0.583. The van der Waals surface area contributed by atoms with Gasteiger partial charge in [-0.3, -0.25) is 4.79 Å². The van der Waals surface area contributed by atoms with Crippen LogP contribution in [0.4, 0.5) is 11.6 Å². The Labute approximate surface area is 107 Å². The first-order chi connectivity index (χ1) is 8.54. The zero-order valence-corrected chi connectivity index (χ0v) is 11.0. The van der Waals surface area contributed by atoms with E-state index in [1.54, 1.807) is 0 Å². The summed E-state index contributed by atoms with van der Waals surface area (Å²) in [6, 6.07) is -0.175. The molecule has 6 nitrogen and oxygen atoms in total. The monoisotopic (exact) mass is 249 g/mol. The number of aromatic nitrogens is 2. The van der Waals surface area contributed by atoms with E-state index in [0.29, 0.717) is 18.2 Å². The number of nitrogens with two attached hydrogens (primary N) is 1. The maximum Gasteiger partial charge on any atom is 0.242 e. The van der Waals surface area contributed by atoms with Crippen molar-refractivity contribution in [1.29, 1.82) is 0 Å². The summed E-state index contributed by atoms with van der Waals surface area (Å²) in [4.78, 5) is 22.5. The molecule has 6 heteroatoms. The number of carbonyl (C=O) groups excluding carboxylic acids is 1. The number of carbonyl (C=O) groups is 1. The number of nitrogens with one attached hydrogen (secondary N) is 1. The minimum Gasteiger partial charge on any atom is -0.383 e. The Kier molecular flexibility index (Phi) is 3.36. The lowest BCUT2D eigenvalue weighted by atomic mass is 10.1. The standard InChI is InChI=1S/C12H19N5O/c1-4-9-12(18)14-5-6-17(9)11-7(2)10(13)15-8(3)16-11/h9H,4-6H2,1-3H3,(H,14,18)(H2,13,15,16). The zero-order valence-electron chi connectivity index (χ0n) is 11.0. The number of aryl methyl sites for hydroxylation is 1. The molecule has 3 N–H and O–H groups in total. The molecule has 1 fully saturated rings. The summed E-state index contributed by atoms with van der Waals surface area (Å²) in [5, 5.41) is 2.88. The molecular weight excluding hydrogens is 230 g/mol. The molecule has 1 unspecified atom stereocenters. The predicted molar refractivity (Wildman–Crippen MR) is 70.4 cm³/mol. The van der Waals surface area contributed by atoms with Crippen LogP contribution in [0, 0.1) is 13.8 Å². The van der Waals surface area contributed by atoms with Gasteiger partial charge in [0.2, 0.25) is 5.91 Å². The lowest BCUT2D eigenvalue weighted by Gasteiger charge is -2.36. The van der Waals surface area contributed by atoms with Gasteiger partial charge in [-0.1, -0.05) is 6.92 Å². The number of piperazine rings is 1. The van der Waals surface area contributed by atoms with Crippen molar-refractivity contribution >= 4 is 17.5 Å². The van der Waals surface area contributed by atoms with E-state index in [2.05, 4.69) is 15.3 Å². The van der Waals surface area contributed by atoms with E-state index in [1.165, 1.54) is 0 Å². The SMILES string of the molecule is CCC1C(=O)NCCN1c1nc(C)nc(N)c1C. The van der Waals surface area contributed by atoms with Gasteiger partial charge in [0.25, 0.3) is 0 Å². The summed E-state index contributed by atoms with van der Waals surface area (Å²) >= 11 is 0. The molecule has 0 radical (unpaired) electrons. The van der Waals surface area contributed by atoms with Crippen molar-refractivity contribution in [2.75, 3.05) is 23.7 Å². The van der Waals surface area contributed by atoms with Crippen LogP contribution in [0.1, 0.15) is 24.7 Å². The Morgan fingerprint density at radius 1 is 1.44 bits per heavy atom. The number of nitrogens with zero attached hydrogens (tertiary/aromatic N) is 3. The van der Waals surface area contributed by atoms with E-state index in [0.717, 1.165) is 24.3 Å². The van der Waals surface area contributed by atoms with E-state index in [4.69, 9.17) is 5.73 Å². The van der Waals surface area contributed by atoms with E-state index in [9.17, 15) is 4.79 Å². The largest absolute Gasteiger partial charge is 0.383 e. The maximum atomic E-state index is 11.9. The highest BCUT2D eigenvalue weighted by Gasteiger charge is 2.30. The first-order valence-electron chi connectivity index (χ1n) is 6.19. The Hall–Kier alpha value is -1.85. The second-order valence-corrected chi connectivity index (χ2v) is 4.51. The molecule has 0 bridgehead atoms. The van der Waals surface area contributed by atoms with Crippen LogP contribution in [0.25, 0.3) is 0 Å². The van der Waals surface area contributed by atoms with Gasteiger partial charge in [-0.15, -0.1) is 0 Å². The molecule has 1 atom stereocenters. The Bertz CT molecular complexity index is 474. The molecule has 1 aliphatic heterocycles. The smallest absolute Gasteiger partial charge is 0.242 e. The maximum absolute atomic E-state index is 11.9. The van der Waals surface area contributed by atoms with Crippen LogP contribution in [-0.4, -0.2) is 35.0 Å². The molecule has 1 aromatic heterocycles. The van der Waals surface area contributed by atoms with Crippen LogP contribution in [-0.2, 0) is 4.79 Å². The van der Waals surface area contributed by atoms with Gasteiger partial charge in [-0.05, 0) is 20.3 Å². The molecule has 1 aliphatic rings. The van der Waals surface area contributed by atoms with Gasteiger partial charge in [0.1, 0.15) is 23.5 Å². The fourth-order valence-corrected chi connectivity index (χ4v) is 2.29. The normalized spacial score (nSPS) is 19.8. The van der Waals surface area contributed by atoms with Crippen LogP contribution in [0.15, 0.2) is 0 Å². The highest BCUT2D eigenvalue weighted by molar-refractivity contribution is 5.86. The quantitative estimate of drug-likeness (QED) is 0.792. The van der Waals surface area contributed by atoms with Gasteiger partial charge in [0.05, 0.1) is 0 Å². The minimum atomic E-state index is -0.175.